The summed E-state index contributed by atoms with van der Waals surface area (Å²) in [5.74, 6) is 1.18. The molecular formula is C22H30N2O4S. The Labute approximate surface area is 174 Å². The molecule has 2 aromatic carbocycles. The number of aryl methyl sites for hydroxylation is 1. The third-order valence-electron chi connectivity index (χ3n) is 4.28. The van der Waals surface area contributed by atoms with Crippen molar-refractivity contribution in [3.05, 3.63) is 53.1 Å². The molecule has 0 bridgehead atoms. The average Bonchev–Trinajstić information content (AvgIpc) is 2.61. The van der Waals surface area contributed by atoms with Crippen LogP contribution in [-0.2, 0) is 15.4 Å². The van der Waals surface area contributed by atoms with Gasteiger partial charge in [-0.25, -0.2) is 4.83 Å². The van der Waals surface area contributed by atoms with E-state index in [0.717, 1.165) is 5.56 Å². The SMILES string of the molecule is COc1cc(/C=N/NS(=O)(=O)c2cc(C(C)(C)C)ccc2C)ccc1OC(C)C. The van der Waals surface area contributed by atoms with Crippen LogP contribution >= 0.6 is 0 Å². The van der Waals surface area contributed by atoms with Crippen LogP contribution in [0.3, 0.4) is 0 Å². The van der Waals surface area contributed by atoms with Crippen molar-refractivity contribution in [2.75, 3.05) is 7.11 Å². The van der Waals surface area contributed by atoms with Crippen LogP contribution in [0, 0.1) is 6.92 Å². The van der Waals surface area contributed by atoms with Crippen LogP contribution in [-0.4, -0.2) is 27.8 Å². The molecule has 2 rings (SSSR count). The van der Waals surface area contributed by atoms with E-state index in [1.807, 2.05) is 46.8 Å². The maximum Gasteiger partial charge on any atom is 0.276 e. The predicted molar refractivity (Wildman–Crippen MR) is 117 cm³/mol. The minimum atomic E-state index is -3.79. The molecule has 29 heavy (non-hydrogen) atoms. The Bertz CT molecular complexity index is 990. The van der Waals surface area contributed by atoms with E-state index in [1.165, 1.54) is 6.21 Å². The fourth-order valence-electron chi connectivity index (χ4n) is 2.69. The lowest BCUT2D eigenvalue weighted by molar-refractivity contribution is 0.230. The number of hydrazone groups is 1. The highest BCUT2D eigenvalue weighted by atomic mass is 32.2. The Morgan fingerprint density at radius 3 is 2.34 bits per heavy atom. The summed E-state index contributed by atoms with van der Waals surface area (Å²) in [7, 11) is -2.23. The molecule has 0 spiro atoms. The molecule has 7 heteroatoms. The zero-order valence-electron chi connectivity index (χ0n) is 18.1. The number of methoxy groups -OCH3 is 1. The smallest absolute Gasteiger partial charge is 0.276 e. The van der Waals surface area contributed by atoms with Gasteiger partial charge in [0.1, 0.15) is 0 Å². The molecule has 158 valence electrons. The molecule has 0 aliphatic rings. The monoisotopic (exact) mass is 418 g/mol. The summed E-state index contributed by atoms with van der Waals surface area (Å²) in [6.45, 7) is 11.8. The molecule has 0 amide bonds. The van der Waals surface area contributed by atoms with Gasteiger partial charge in [0.05, 0.1) is 24.3 Å². The zero-order valence-corrected chi connectivity index (χ0v) is 18.9. The molecule has 0 aliphatic carbocycles. The Kier molecular flexibility index (Phi) is 6.95. The molecule has 0 saturated carbocycles. The first-order chi connectivity index (χ1) is 13.4. The molecule has 0 aliphatic heterocycles. The van der Waals surface area contributed by atoms with E-state index in [0.29, 0.717) is 22.6 Å². The summed E-state index contributed by atoms with van der Waals surface area (Å²) in [5.41, 5.74) is 2.13. The number of nitrogens with one attached hydrogen (secondary N) is 1. The number of hydrogen-bond acceptors (Lipinski definition) is 5. The van der Waals surface area contributed by atoms with E-state index in [2.05, 4.69) is 9.93 Å². The summed E-state index contributed by atoms with van der Waals surface area (Å²) >= 11 is 0. The predicted octanol–water partition coefficient (Wildman–Crippen LogP) is 4.40. The average molecular weight is 419 g/mol. The van der Waals surface area contributed by atoms with Gasteiger partial charge in [-0.3, -0.25) is 0 Å². The fraction of sp³-hybridized carbons (Fsp3) is 0.409. The van der Waals surface area contributed by atoms with E-state index in [-0.39, 0.29) is 16.4 Å². The third-order valence-corrected chi connectivity index (χ3v) is 5.65. The molecule has 0 heterocycles. The van der Waals surface area contributed by atoms with Gasteiger partial charge in [0.2, 0.25) is 0 Å². The van der Waals surface area contributed by atoms with Crippen LogP contribution in [0.2, 0.25) is 0 Å². The topological polar surface area (TPSA) is 77.0 Å². The normalized spacial score (nSPS) is 12.4. The summed E-state index contributed by atoms with van der Waals surface area (Å²) < 4.78 is 36.5. The molecule has 0 fully saturated rings. The Balaban J connectivity index is 2.24. The number of sulfonamides is 1. The lowest BCUT2D eigenvalue weighted by atomic mass is 9.87. The van der Waals surface area contributed by atoms with Crippen molar-refractivity contribution in [2.45, 2.75) is 58.0 Å². The standard InChI is InChI=1S/C22H30N2O4S/c1-15(2)28-19-11-9-17(12-20(19)27-7)14-23-24-29(25,26)21-13-18(22(4,5)6)10-8-16(21)3/h8-15,24H,1-7H3/b23-14+. The van der Waals surface area contributed by atoms with Crippen LogP contribution in [0.15, 0.2) is 46.4 Å². The van der Waals surface area contributed by atoms with Crippen LogP contribution < -0.4 is 14.3 Å². The highest BCUT2D eigenvalue weighted by Crippen LogP contribution is 2.29. The number of rotatable bonds is 7. The van der Waals surface area contributed by atoms with Crippen LogP contribution in [0.4, 0.5) is 0 Å². The van der Waals surface area contributed by atoms with Gasteiger partial charge in [0.25, 0.3) is 10.0 Å². The van der Waals surface area contributed by atoms with Crippen LogP contribution in [0.5, 0.6) is 11.5 Å². The molecule has 0 saturated heterocycles. The van der Waals surface area contributed by atoms with Gasteiger partial charge in [-0.05, 0) is 67.1 Å². The van der Waals surface area contributed by atoms with Gasteiger partial charge in [-0.2, -0.15) is 13.5 Å². The number of nitrogens with zero attached hydrogens (tertiary/aromatic N) is 1. The number of hydrogen-bond donors (Lipinski definition) is 1. The fourth-order valence-corrected chi connectivity index (χ4v) is 3.76. The first-order valence-corrected chi connectivity index (χ1v) is 10.9. The highest BCUT2D eigenvalue weighted by Gasteiger charge is 2.21. The van der Waals surface area contributed by atoms with Crippen molar-refractivity contribution in [1.29, 1.82) is 0 Å². The molecule has 0 radical (unpaired) electrons. The molecule has 2 aromatic rings. The van der Waals surface area contributed by atoms with E-state index < -0.39 is 10.0 Å². The third kappa shape index (κ3) is 5.97. The second-order valence-corrected chi connectivity index (χ2v) is 9.79. The lowest BCUT2D eigenvalue weighted by Crippen LogP contribution is -2.21. The molecule has 0 atom stereocenters. The Morgan fingerprint density at radius 1 is 1.07 bits per heavy atom. The van der Waals surface area contributed by atoms with Gasteiger partial charge in [-0.15, -0.1) is 0 Å². The maximum atomic E-state index is 12.8. The van der Waals surface area contributed by atoms with Gasteiger partial charge in [0, 0.05) is 0 Å². The van der Waals surface area contributed by atoms with Gasteiger partial charge >= 0.3 is 0 Å². The van der Waals surface area contributed by atoms with E-state index >= 15 is 0 Å². The van der Waals surface area contributed by atoms with E-state index in [9.17, 15) is 8.42 Å². The summed E-state index contributed by atoms with van der Waals surface area (Å²) in [5, 5.41) is 3.93. The minimum Gasteiger partial charge on any atom is -0.493 e. The van der Waals surface area contributed by atoms with Gasteiger partial charge < -0.3 is 9.47 Å². The molecule has 6 nitrogen and oxygen atoms in total. The summed E-state index contributed by atoms with van der Waals surface area (Å²) in [4.78, 5) is 2.52. The maximum absolute atomic E-state index is 12.8. The van der Waals surface area contributed by atoms with Crippen molar-refractivity contribution >= 4 is 16.2 Å². The Hall–Kier alpha value is -2.54. The Morgan fingerprint density at radius 2 is 1.76 bits per heavy atom. The molecule has 0 aromatic heterocycles. The number of benzene rings is 2. The van der Waals surface area contributed by atoms with Crippen molar-refractivity contribution in [1.82, 2.24) is 4.83 Å². The summed E-state index contributed by atoms with van der Waals surface area (Å²) in [6.07, 6.45) is 1.45. The second-order valence-electron chi connectivity index (χ2n) is 8.16. The van der Waals surface area contributed by atoms with Gasteiger partial charge in [0.15, 0.2) is 11.5 Å². The van der Waals surface area contributed by atoms with Crippen LogP contribution in [0.1, 0.15) is 51.3 Å². The molecule has 1 N–H and O–H groups in total. The number of ether oxygens (including phenoxy) is 2. The largest absolute Gasteiger partial charge is 0.493 e. The minimum absolute atomic E-state index is 0.0160. The molecule has 0 unspecified atom stereocenters. The summed E-state index contributed by atoms with van der Waals surface area (Å²) in [6, 6.07) is 10.8. The second kappa shape index (κ2) is 8.86. The van der Waals surface area contributed by atoms with Crippen molar-refractivity contribution < 1.29 is 17.9 Å². The first-order valence-electron chi connectivity index (χ1n) is 9.45. The van der Waals surface area contributed by atoms with Gasteiger partial charge in [-0.1, -0.05) is 32.9 Å². The van der Waals surface area contributed by atoms with Crippen molar-refractivity contribution in [3.63, 3.8) is 0 Å². The zero-order chi connectivity index (χ0) is 21.8. The first kappa shape index (κ1) is 22.7. The van der Waals surface area contributed by atoms with Crippen molar-refractivity contribution in [3.8, 4) is 11.5 Å². The van der Waals surface area contributed by atoms with E-state index in [1.54, 1.807) is 38.3 Å². The molecular weight excluding hydrogens is 388 g/mol. The van der Waals surface area contributed by atoms with E-state index in [4.69, 9.17) is 9.47 Å². The highest BCUT2D eigenvalue weighted by molar-refractivity contribution is 7.89. The lowest BCUT2D eigenvalue weighted by Gasteiger charge is -2.20. The van der Waals surface area contributed by atoms with Crippen LogP contribution in [0.25, 0.3) is 0 Å². The quantitative estimate of drug-likeness (QED) is 0.534. The van der Waals surface area contributed by atoms with Crippen molar-refractivity contribution in [2.24, 2.45) is 5.10 Å².